The van der Waals surface area contributed by atoms with E-state index in [2.05, 4.69) is 0 Å². The highest BCUT2D eigenvalue weighted by Crippen LogP contribution is 2.67. The molecule has 3 N–H and O–H groups in total. The Balaban J connectivity index is 1.83. The predicted octanol–water partition coefficient (Wildman–Crippen LogP) is 1.85. The monoisotopic (exact) mass is 378 g/mol. The molecule has 4 aliphatic carbocycles. The number of aliphatic hydroxyl groups is 3. The summed E-state index contributed by atoms with van der Waals surface area (Å²) < 4.78 is 15.0. The zero-order valence-corrected chi connectivity index (χ0v) is 15.7. The van der Waals surface area contributed by atoms with E-state index < -0.39 is 40.8 Å². The van der Waals surface area contributed by atoms with Gasteiger partial charge in [0.1, 0.15) is 18.0 Å². The Hall–Kier alpha value is -1.37. The molecule has 2 fully saturated rings. The fourth-order valence-electron chi connectivity index (χ4n) is 6.80. The normalized spacial score (nSPS) is 48.9. The minimum absolute atomic E-state index is 0.0941. The summed E-state index contributed by atoms with van der Waals surface area (Å²) in [5.74, 6) is -1.91. The van der Waals surface area contributed by atoms with Crippen LogP contribution in [0.2, 0.25) is 0 Å². The van der Waals surface area contributed by atoms with Crippen LogP contribution >= 0.6 is 0 Å². The molecule has 4 aliphatic rings. The molecule has 6 heteroatoms. The fourth-order valence-corrected chi connectivity index (χ4v) is 6.80. The second-order valence-corrected chi connectivity index (χ2v) is 9.34. The van der Waals surface area contributed by atoms with E-state index in [1.54, 1.807) is 6.92 Å². The van der Waals surface area contributed by atoms with Gasteiger partial charge in [-0.3, -0.25) is 9.59 Å². The van der Waals surface area contributed by atoms with Crippen molar-refractivity contribution in [3.63, 3.8) is 0 Å². The Labute approximate surface area is 158 Å². The number of Topliss-reactive ketones (excluding diaryl/α,β-unsaturated/α-hetero) is 1. The lowest BCUT2D eigenvalue weighted by Crippen LogP contribution is -2.61. The smallest absolute Gasteiger partial charge is 0.190 e. The van der Waals surface area contributed by atoms with Gasteiger partial charge in [0.05, 0.1) is 6.10 Å². The number of carbonyl (C=O) groups is 2. The fraction of sp³-hybridized carbons (Fsp3) is 0.714. The van der Waals surface area contributed by atoms with Crippen molar-refractivity contribution < 1.29 is 29.3 Å². The first kappa shape index (κ1) is 19.0. The molecule has 27 heavy (non-hydrogen) atoms. The molecule has 0 bridgehead atoms. The van der Waals surface area contributed by atoms with Crippen LogP contribution in [-0.2, 0) is 9.59 Å². The number of ketones is 2. The second-order valence-electron chi connectivity index (χ2n) is 9.34. The van der Waals surface area contributed by atoms with Crippen LogP contribution < -0.4 is 0 Å². The molecule has 5 nitrogen and oxygen atoms in total. The summed E-state index contributed by atoms with van der Waals surface area (Å²) in [6.07, 6.45) is 3.81. The van der Waals surface area contributed by atoms with Crippen molar-refractivity contribution in [1.82, 2.24) is 0 Å². The van der Waals surface area contributed by atoms with Gasteiger partial charge in [0.25, 0.3) is 0 Å². The van der Waals surface area contributed by atoms with Crippen molar-refractivity contribution in [2.24, 2.45) is 28.6 Å². The average molecular weight is 378 g/mol. The molecule has 0 radical (unpaired) electrons. The van der Waals surface area contributed by atoms with Gasteiger partial charge in [0.15, 0.2) is 11.6 Å². The summed E-state index contributed by atoms with van der Waals surface area (Å²) in [6, 6.07) is 0. The topological polar surface area (TPSA) is 94.8 Å². The van der Waals surface area contributed by atoms with E-state index in [-0.39, 0.29) is 36.4 Å². The molecule has 0 heterocycles. The van der Waals surface area contributed by atoms with Crippen molar-refractivity contribution in [3.05, 3.63) is 23.6 Å². The van der Waals surface area contributed by atoms with Crippen molar-refractivity contribution in [2.75, 3.05) is 6.61 Å². The number of carbonyl (C=O) groups excluding carboxylic acids is 2. The standard InChI is InChI=1S/C21H27FO5/c1-19-5-3-11(24)7-14(19)15(22)8-12-13-4-6-21(27,17(26)10-23)20(13,2)9-16(25)18(12)19/h7-8,12-13,16,18,23,25,27H,3-6,9-10H2,1-2H3/t12-,13-,16?,18+,19-,20-,21-/m0/s1. The zero-order chi connectivity index (χ0) is 19.8. The van der Waals surface area contributed by atoms with Crippen LogP contribution in [0.5, 0.6) is 0 Å². The molecular weight excluding hydrogens is 351 g/mol. The largest absolute Gasteiger partial charge is 0.393 e. The lowest BCUT2D eigenvalue weighted by molar-refractivity contribution is -0.175. The highest BCUT2D eigenvalue weighted by molar-refractivity contribution is 5.92. The maximum absolute atomic E-state index is 15.0. The van der Waals surface area contributed by atoms with Crippen LogP contribution in [-0.4, -0.2) is 45.2 Å². The minimum atomic E-state index is -1.71. The number of hydrogen-bond acceptors (Lipinski definition) is 5. The third kappa shape index (κ3) is 2.26. The molecule has 0 spiro atoms. The van der Waals surface area contributed by atoms with Crippen LogP contribution in [0.4, 0.5) is 4.39 Å². The van der Waals surface area contributed by atoms with Gasteiger partial charge < -0.3 is 15.3 Å². The molecule has 7 atom stereocenters. The van der Waals surface area contributed by atoms with Crippen LogP contribution in [0.25, 0.3) is 0 Å². The Morgan fingerprint density at radius 1 is 1.33 bits per heavy atom. The summed E-state index contributed by atoms with van der Waals surface area (Å²) in [5, 5.41) is 31.6. The highest BCUT2D eigenvalue weighted by atomic mass is 19.1. The molecule has 0 aliphatic heterocycles. The Morgan fingerprint density at radius 3 is 2.70 bits per heavy atom. The Kier molecular flexibility index (Phi) is 4.09. The molecule has 0 amide bonds. The third-order valence-electron chi connectivity index (χ3n) is 8.26. The molecule has 4 rings (SSSR count). The van der Waals surface area contributed by atoms with E-state index in [1.165, 1.54) is 12.2 Å². The van der Waals surface area contributed by atoms with Crippen LogP contribution in [0, 0.1) is 28.6 Å². The Bertz CT molecular complexity index is 773. The maximum Gasteiger partial charge on any atom is 0.190 e. The van der Waals surface area contributed by atoms with Gasteiger partial charge in [-0.2, -0.15) is 0 Å². The van der Waals surface area contributed by atoms with Gasteiger partial charge in [-0.15, -0.1) is 0 Å². The van der Waals surface area contributed by atoms with Crippen molar-refractivity contribution in [1.29, 1.82) is 0 Å². The van der Waals surface area contributed by atoms with Crippen molar-refractivity contribution >= 4 is 11.6 Å². The average Bonchev–Trinajstić information content (AvgIpc) is 2.87. The molecule has 148 valence electrons. The first-order valence-corrected chi connectivity index (χ1v) is 9.76. The van der Waals surface area contributed by atoms with Gasteiger partial charge in [-0.05, 0) is 55.2 Å². The van der Waals surface area contributed by atoms with Crippen LogP contribution in [0.3, 0.4) is 0 Å². The summed E-state index contributed by atoms with van der Waals surface area (Å²) in [6.45, 7) is 2.95. The van der Waals surface area contributed by atoms with Gasteiger partial charge >= 0.3 is 0 Å². The van der Waals surface area contributed by atoms with Gasteiger partial charge in [0, 0.05) is 23.2 Å². The second kappa shape index (κ2) is 5.82. The van der Waals surface area contributed by atoms with Crippen LogP contribution in [0.1, 0.15) is 46.0 Å². The van der Waals surface area contributed by atoms with Gasteiger partial charge in [0.2, 0.25) is 0 Å². The van der Waals surface area contributed by atoms with Gasteiger partial charge in [-0.25, -0.2) is 4.39 Å². The molecule has 0 aromatic heterocycles. The van der Waals surface area contributed by atoms with Gasteiger partial charge in [-0.1, -0.05) is 13.8 Å². The predicted molar refractivity (Wildman–Crippen MR) is 95.1 cm³/mol. The lowest BCUT2D eigenvalue weighted by atomic mass is 9.47. The van der Waals surface area contributed by atoms with Crippen LogP contribution in [0.15, 0.2) is 23.6 Å². The number of allylic oxidation sites excluding steroid dienone is 4. The molecule has 0 aromatic rings. The summed E-state index contributed by atoms with van der Waals surface area (Å²) >= 11 is 0. The van der Waals surface area contributed by atoms with Crippen molar-refractivity contribution in [3.8, 4) is 0 Å². The van der Waals surface area contributed by atoms with E-state index in [0.29, 0.717) is 24.8 Å². The quantitative estimate of drug-likeness (QED) is 0.682. The Morgan fingerprint density at radius 2 is 2.04 bits per heavy atom. The number of rotatable bonds is 2. The number of halogens is 1. The summed E-state index contributed by atoms with van der Waals surface area (Å²) in [5.41, 5.74) is -2.89. The molecule has 0 aromatic carbocycles. The molecule has 1 unspecified atom stereocenters. The van der Waals surface area contributed by atoms with E-state index >= 15 is 4.39 Å². The lowest BCUT2D eigenvalue weighted by Gasteiger charge is -2.58. The third-order valence-corrected chi connectivity index (χ3v) is 8.26. The highest BCUT2D eigenvalue weighted by Gasteiger charge is 2.68. The van der Waals surface area contributed by atoms with E-state index in [0.717, 1.165) is 0 Å². The maximum atomic E-state index is 15.0. The first-order valence-electron chi connectivity index (χ1n) is 9.76. The first-order chi connectivity index (χ1) is 12.6. The number of aliphatic hydroxyl groups excluding tert-OH is 2. The number of fused-ring (bicyclic) bond motifs is 5. The van der Waals surface area contributed by atoms with Crippen molar-refractivity contribution in [2.45, 2.75) is 57.7 Å². The SMILES string of the molecule is C[C@]12CCC(=O)C=C1C(F)=C[C@@H]1[C@@H]2C(O)C[C@@]2(C)[C@H]1CC[C@]2(O)C(=O)CO. The summed E-state index contributed by atoms with van der Waals surface area (Å²) in [7, 11) is 0. The number of hydrogen-bond donors (Lipinski definition) is 3. The van der Waals surface area contributed by atoms with E-state index in [4.69, 9.17) is 0 Å². The molecule has 2 saturated carbocycles. The molecule has 0 saturated heterocycles. The van der Waals surface area contributed by atoms with E-state index in [9.17, 15) is 24.9 Å². The zero-order valence-electron chi connectivity index (χ0n) is 15.7. The van der Waals surface area contributed by atoms with E-state index in [1.807, 2.05) is 6.92 Å². The minimum Gasteiger partial charge on any atom is -0.393 e. The summed E-state index contributed by atoms with van der Waals surface area (Å²) in [4.78, 5) is 24.2. The molecular formula is C21H27FO5.